The molecule has 0 saturated carbocycles. The van der Waals surface area contributed by atoms with Crippen LogP contribution in [-0.4, -0.2) is 21.6 Å². The second-order valence-corrected chi connectivity index (χ2v) is 7.62. The van der Waals surface area contributed by atoms with Crippen LogP contribution in [0.2, 0.25) is 0 Å². The van der Waals surface area contributed by atoms with Gasteiger partial charge < -0.3 is 15.5 Å². The first-order valence-electron chi connectivity index (χ1n) is 8.89. The molecule has 0 saturated heterocycles. The number of aromatic nitrogens is 2. The standard InChI is InChI=1S/C21H18N4O3S/c1-13-17(14-6-3-2-4-7-14)18(19(22)26)21(29-13)24-20(27)16-9-8-15(28-16)12-25-11-5-10-23-25/h2-11H,12H2,1H3,(H2,22,26)(H,24,27). The predicted octanol–water partition coefficient (Wildman–Crippen LogP) is 3.91. The molecule has 8 heteroatoms. The minimum Gasteiger partial charge on any atom is -0.454 e. The van der Waals surface area contributed by atoms with Crippen LogP contribution < -0.4 is 11.1 Å². The second-order valence-electron chi connectivity index (χ2n) is 6.39. The first-order valence-corrected chi connectivity index (χ1v) is 9.70. The Morgan fingerprint density at radius 2 is 1.97 bits per heavy atom. The minimum atomic E-state index is -0.595. The van der Waals surface area contributed by atoms with Gasteiger partial charge in [-0.2, -0.15) is 5.10 Å². The highest BCUT2D eigenvalue weighted by atomic mass is 32.1. The molecule has 0 unspecified atom stereocenters. The van der Waals surface area contributed by atoms with Crippen molar-refractivity contribution in [3.8, 4) is 11.1 Å². The lowest BCUT2D eigenvalue weighted by molar-refractivity contribution is 0.0995. The Bertz CT molecular complexity index is 1160. The van der Waals surface area contributed by atoms with Gasteiger partial charge in [-0.15, -0.1) is 11.3 Å². The van der Waals surface area contributed by atoms with Crippen LogP contribution >= 0.6 is 11.3 Å². The summed E-state index contributed by atoms with van der Waals surface area (Å²) in [4.78, 5) is 25.8. The molecule has 0 bridgehead atoms. The molecule has 29 heavy (non-hydrogen) atoms. The average Bonchev–Trinajstić information content (AvgIpc) is 3.43. The lowest BCUT2D eigenvalue weighted by Gasteiger charge is -2.06. The summed E-state index contributed by atoms with van der Waals surface area (Å²) in [5.74, 6) is -0.293. The van der Waals surface area contributed by atoms with Crippen LogP contribution in [0.25, 0.3) is 11.1 Å². The van der Waals surface area contributed by atoms with Crippen molar-refractivity contribution in [3.05, 3.63) is 82.9 Å². The Labute approximate surface area is 170 Å². The Balaban J connectivity index is 1.60. The van der Waals surface area contributed by atoms with Crippen molar-refractivity contribution in [2.24, 2.45) is 5.73 Å². The molecule has 146 valence electrons. The molecule has 0 radical (unpaired) electrons. The molecule has 0 fully saturated rings. The number of furan rings is 1. The molecular weight excluding hydrogens is 388 g/mol. The minimum absolute atomic E-state index is 0.148. The summed E-state index contributed by atoms with van der Waals surface area (Å²) >= 11 is 1.31. The van der Waals surface area contributed by atoms with Crippen molar-refractivity contribution in [2.45, 2.75) is 13.5 Å². The van der Waals surface area contributed by atoms with Gasteiger partial charge in [0.15, 0.2) is 5.76 Å². The number of nitrogens with two attached hydrogens (primary N) is 1. The number of benzene rings is 1. The normalized spacial score (nSPS) is 10.8. The number of thiophene rings is 1. The zero-order valence-corrected chi connectivity index (χ0v) is 16.4. The SMILES string of the molecule is Cc1sc(NC(=O)c2ccc(Cn3cccn3)o2)c(C(N)=O)c1-c1ccccc1. The third kappa shape index (κ3) is 3.83. The van der Waals surface area contributed by atoms with Crippen LogP contribution in [0.4, 0.5) is 5.00 Å². The lowest BCUT2D eigenvalue weighted by Crippen LogP contribution is -2.17. The molecule has 0 atom stereocenters. The number of hydrogen-bond donors (Lipinski definition) is 2. The summed E-state index contributed by atoms with van der Waals surface area (Å²) in [5, 5.41) is 7.29. The Hall–Kier alpha value is -3.65. The number of carbonyl (C=O) groups is 2. The average molecular weight is 406 g/mol. The van der Waals surface area contributed by atoms with Gasteiger partial charge in [0.2, 0.25) is 0 Å². The largest absolute Gasteiger partial charge is 0.454 e. The quantitative estimate of drug-likeness (QED) is 0.507. The van der Waals surface area contributed by atoms with Gasteiger partial charge in [-0.3, -0.25) is 14.3 Å². The first-order chi connectivity index (χ1) is 14.0. The van der Waals surface area contributed by atoms with E-state index in [-0.39, 0.29) is 5.76 Å². The van der Waals surface area contributed by atoms with E-state index in [1.807, 2.05) is 43.3 Å². The second kappa shape index (κ2) is 7.76. The fourth-order valence-corrected chi connectivity index (χ4v) is 4.20. The maximum atomic E-state index is 12.7. The summed E-state index contributed by atoms with van der Waals surface area (Å²) < 4.78 is 7.32. The highest BCUT2D eigenvalue weighted by molar-refractivity contribution is 7.17. The van der Waals surface area contributed by atoms with E-state index >= 15 is 0 Å². The lowest BCUT2D eigenvalue weighted by atomic mass is 10.0. The monoisotopic (exact) mass is 406 g/mol. The highest BCUT2D eigenvalue weighted by Crippen LogP contribution is 2.39. The van der Waals surface area contributed by atoms with Gasteiger partial charge in [0.05, 0.1) is 12.1 Å². The fourth-order valence-electron chi connectivity index (χ4n) is 3.12. The van der Waals surface area contributed by atoms with Gasteiger partial charge >= 0.3 is 0 Å². The smallest absolute Gasteiger partial charge is 0.291 e. The topological polar surface area (TPSA) is 103 Å². The molecular formula is C21H18N4O3S. The summed E-state index contributed by atoms with van der Waals surface area (Å²) in [6.45, 7) is 2.31. The van der Waals surface area contributed by atoms with Crippen LogP contribution in [-0.2, 0) is 6.54 Å². The van der Waals surface area contributed by atoms with Crippen LogP contribution in [0.3, 0.4) is 0 Å². The van der Waals surface area contributed by atoms with E-state index < -0.39 is 11.8 Å². The number of aryl methyl sites for hydroxylation is 1. The molecule has 0 spiro atoms. The molecule has 0 aliphatic heterocycles. The van der Waals surface area contributed by atoms with Gasteiger partial charge in [0, 0.05) is 22.8 Å². The Morgan fingerprint density at radius 1 is 1.17 bits per heavy atom. The summed E-state index contributed by atoms with van der Waals surface area (Å²) in [5.41, 5.74) is 7.55. The fraction of sp³-hybridized carbons (Fsp3) is 0.0952. The van der Waals surface area contributed by atoms with Gasteiger partial charge in [-0.1, -0.05) is 30.3 Å². The van der Waals surface area contributed by atoms with E-state index in [0.29, 0.717) is 22.9 Å². The molecule has 3 N–H and O–H groups in total. The number of rotatable bonds is 6. The number of nitrogens with zero attached hydrogens (tertiary/aromatic N) is 2. The number of nitrogens with one attached hydrogen (secondary N) is 1. The summed E-state index contributed by atoms with van der Waals surface area (Å²) in [6, 6.07) is 14.6. The van der Waals surface area contributed by atoms with Crippen LogP contribution in [0.1, 0.15) is 31.6 Å². The number of anilines is 1. The highest BCUT2D eigenvalue weighted by Gasteiger charge is 2.24. The van der Waals surface area contributed by atoms with Gasteiger partial charge in [0.25, 0.3) is 11.8 Å². The Kier molecular flexibility index (Phi) is 5.01. The third-order valence-electron chi connectivity index (χ3n) is 4.38. The summed E-state index contributed by atoms with van der Waals surface area (Å²) in [6.07, 6.45) is 3.48. The van der Waals surface area contributed by atoms with Crippen LogP contribution in [0.15, 0.2) is 65.3 Å². The molecule has 3 aromatic heterocycles. The zero-order valence-electron chi connectivity index (χ0n) is 15.6. The van der Waals surface area contributed by atoms with Crippen molar-refractivity contribution >= 4 is 28.2 Å². The van der Waals surface area contributed by atoms with E-state index in [2.05, 4.69) is 10.4 Å². The first kappa shape index (κ1) is 18.7. The Morgan fingerprint density at radius 3 is 2.66 bits per heavy atom. The van der Waals surface area contributed by atoms with Crippen molar-refractivity contribution in [3.63, 3.8) is 0 Å². The van der Waals surface area contributed by atoms with Gasteiger partial charge in [-0.25, -0.2) is 0 Å². The van der Waals surface area contributed by atoms with E-state index in [4.69, 9.17) is 10.2 Å². The maximum Gasteiger partial charge on any atom is 0.291 e. The molecule has 7 nitrogen and oxygen atoms in total. The molecule has 3 heterocycles. The van der Waals surface area contributed by atoms with Crippen LogP contribution in [0, 0.1) is 6.92 Å². The molecule has 0 aliphatic carbocycles. The number of carbonyl (C=O) groups excluding carboxylic acids is 2. The van der Waals surface area contributed by atoms with Crippen molar-refractivity contribution in [1.29, 1.82) is 0 Å². The third-order valence-corrected chi connectivity index (χ3v) is 5.40. The van der Waals surface area contributed by atoms with E-state index in [1.54, 1.807) is 29.2 Å². The molecule has 4 aromatic rings. The molecule has 0 aliphatic rings. The van der Waals surface area contributed by atoms with Crippen molar-refractivity contribution < 1.29 is 14.0 Å². The van der Waals surface area contributed by atoms with E-state index in [0.717, 1.165) is 16.0 Å². The predicted molar refractivity (Wildman–Crippen MR) is 111 cm³/mol. The maximum absolute atomic E-state index is 12.7. The molecule has 1 aromatic carbocycles. The van der Waals surface area contributed by atoms with Crippen molar-refractivity contribution in [1.82, 2.24) is 9.78 Å². The zero-order chi connectivity index (χ0) is 20.4. The van der Waals surface area contributed by atoms with Gasteiger partial charge in [-0.05, 0) is 30.7 Å². The number of primary amides is 1. The van der Waals surface area contributed by atoms with Crippen LogP contribution in [0.5, 0.6) is 0 Å². The van der Waals surface area contributed by atoms with E-state index in [9.17, 15) is 9.59 Å². The summed E-state index contributed by atoms with van der Waals surface area (Å²) in [7, 11) is 0. The number of amides is 2. The molecule has 4 rings (SSSR count). The van der Waals surface area contributed by atoms with Crippen molar-refractivity contribution in [2.75, 3.05) is 5.32 Å². The van der Waals surface area contributed by atoms with E-state index in [1.165, 1.54) is 11.3 Å². The van der Waals surface area contributed by atoms with Gasteiger partial charge in [0.1, 0.15) is 10.8 Å². The molecule has 2 amide bonds. The number of hydrogen-bond acceptors (Lipinski definition) is 5.